The van der Waals surface area contributed by atoms with Gasteiger partial charge in [0.1, 0.15) is 5.75 Å². The van der Waals surface area contributed by atoms with Gasteiger partial charge in [0, 0.05) is 17.6 Å². The van der Waals surface area contributed by atoms with Gasteiger partial charge in [-0.1, -0.05) is 12.1 Å². The minimum absolute atomic E-state index is 0.192. The second-order valence-corrected chi connectivity index (χ2v) is 6.73. The van der Waals surface area contributed by atoms with E-state index in [0.717, 1.165) is 9.80 Å². The summed E-state index contributed by atoms with van der Waals surface area (Å²) < 4.78 is 6.82. The summed E-state index contributed by atoms with van der Waals surface area (Å²) in [5.74, 6) is -1.65. The zero-order valence-electron chi connectivity index (χ0n) is 14.7. The van der Waals surface area contributed by atoms with Crippen LogP contribution in [0.5, 0.6) is 5.75 Å². The van der Waals surface area contributed by atoms with Crippen molar-refractivity contribution in [3.63, 3.8) is 0 Å². The van der Waals surface area contributed by atoms with Gasteiger partial charge in [0.25, 0.3) is 5.56 Å². The van der Waals surface area contributed by atoms with Crippen molar-refractivity contribution in [3.05, 3.63) is 58.0 Å². The third-order valence-electron chi connectivity index (χ3n) is 4.14. The van der Waals surface area contributed by atoms with E-state index in [1.165, 1.54) is 27.9 Å². The largest absolute Gasteiger partial charge is 0.492 e. The van der Waals surface area contributed by atoms with Crippen LogP contribution in [0.15, 0.2) is 46.7 Å². The molecule has 3 heterocycles. The normalized spacial score (nSPS) is 14.4. The Morgan fingerprint density at radius 1 is 1.11 bits per heavy atom. The number of carbonyl (C=O) groups is 3. The Balaban J connectivity index is 1.68. The van der Waals surface area contributed by atoms with Gasteiger partial charge in [-0.3, -0.25) is 18.8 Å². The molecule has 9 nitrogen and oxygen atoms in total. The molecule has 4 rings (SSSR count). The molecule has 0 spiro atoms. The number of nitrogens with zero attached hydrogens (tertiary/aromatic N) is 4. The predicted octanol–water partition coefficient (Wildman–Crippen LogP) is 1.65. The number of urea groups is 1. The Hall–Kier alpha value is -3.53. The molecule has 4 amide bonds. The van der Waals surface area contributed by atoms with Crippen molar-refractivity contribution in [3.8, 4) is 5.75 Å². The predicted molar refractivity (Wildman–Crippen MR) is 100 cm³/mol. The van der Waals surface area contributed by atoms with Gasteiger partial charge < -0.3 is 4.74 Å². The summed E-state index contributed by atoms with van der Waals surface area (Å²) in [6.45, 7) is 1.83. The van der Waals surface area contributed by atoms with Crippen LogP contribution >= 0.6 is 11.3 Å². The van der Waals surface area contributed by atoms with E-state index in [4.69, 9.17) is 4.74 Å². The fraction of sp³-hybridized carbons (Fsp3) is 0.167. The number of hydrogen-bond acceptors (Lipinski definition) is 7. The highest BCUT2D eigenvalue weighted by molar-refractivity contribution is 7.15. The minimum Gasteiger partial charge on any atom is -0.492 e. The van der Waals surface area contributed by atoms with Gasteiger partial charge in [0.05, 0.1) is 24.5 Å². The molecule has 1 fully saturated rings. The second kappa shape index (κ2) is 6.89. The van der Waals surface area contributed by atoms with E-state index in [1.807, 2.05) is 0 Å². The molecule has 0 saturated carbocycles. The molecule has 0 N–H and O–H groups in total. The lowest BCUT2D eigenvalue weighted by molar-refractivity contribution is -0.139. The minimum atomic E-state index is -0.982. The van der Waals surface area contributed by atoms with Crippen molar-refractivity contribution < 1.29 is 19.1 Å². The lowest BCUT2D eigenvalue weighted by Crippen LogP contribution is -2.34. The van der Waals surface area contributed by atoms with Crippen LogP contribution in [0.3, 0.4) is 0 Å². The topological polar surface area (TPSA) is 101 Å². The fourth-order valence-electron chi connectivity index (χ4n) is 2.91. The maximum Gasteiger partial charge on any atom is 0.339 e. The summed E-state index contributed by atoms with van der Waals surface area (Å²) >= 11 is 1.25. The number of benzene rings is 1. The molecule has 28 heavy (non-hydrogen) atoms. The van der Waals surface area contributed by atoms with Crippen molar-refractivity contribution >= 4 is 39.8 Å². The third kappa shape index (κ3) is 2.83. The van der Waals surface area contributed by atoms with Gasteiger partial charge in [0.2, 0.25) is 0 Å². The smallest absolute Gasteiger partial charge is 0.339 e. The molecular weight excluding hydrogens is 384 g/mol. The number of amides is 4. The first-order valence-electron chi connectivity index (χ1n) is 8.38. The molecule has 10 heteroatoms. The second-order valence-electron chi connectivity index (χ2n) is 5.86. The fourth-order valence-corrected chi connectivity index (χ4v) is 3.65. The first-order chi connectivity index (χ1) is 13.5. The van der Waals surface area contributed by atoms with E-state index in [2.05, 4.69) is 4.98 Å². The van der Waals surface area contributed by atoms with Crippen molar-refractivity contribution in [2.45, 2.75) is 13.5 Å². The van der Waals surface area contributed by atoms with Gasteiger partial charge in [0.15, 0.2) is 4.96 Å². The highest BCUT2D eigenvalue weighted by atomic mass is 32.1. The monoisotopic (exact) mass is 398 g/mol. The van der Waals surface area contributed by atoms with Gasteiger partial charge in [-0.05, 0) is 19.1 Å². The SMILES string of the molecule is CCOc1ccccc1N1C(=O)C(=O)N(Cc2cc(=O)n3ccsc3n2)C1=O. The van der Waals surface area contributed by atoms with Gasteiger partial charge >= 0.3 is 17.8 Å². The molecule has 1 aromatic carbocycles. The van der Waals surface area contributed by atoms with Crippen LogP contribution in [0.1, 0.15) is 12.6 Å². The van der Waals surface area contributed by atoms with E-state index in [9.17, 15) is 19.2 Å². The van der Waals surface area contributed by atoms with Crippen molar-refractivity contribution in [2.24, 2.45) is 0 Å². The molecule has 1 saturated heterocycles. The molecular formula is C18H14N4O5S. The lowest BCUT2D eigenvalue weighted by Gasteiger charge is -2.18. The number of imide groups is 2. The van der Waals surface area contributed by atoms with Crippen LogP contribution in [0.4, 0.5) is 10.5 Å². The molecule has 1 aliphatic heterocycles. The van der Waals surface area contributed by atoms with Gasteiger partial charge in [-0.2, -0.15) is 0 Å². The van der Waals surface area contributed by atoms with Crippen LogP contribution in [0, 0.1) is 0 Å². The van der Waals surface area contributed by atoms with E-state index in [0.29, 0.717) is 17.3 Å². The zero-order valence-corrected chi connectivity index (χ0v) is 15.5. The highest BCUT2D eigenvalue weighted by Gasteiger charge is 2.46. The quantitative estimate of drug-likeness (QED) is 0.478. The summed E-state index contributed by atoms with van der Waals surface area (Å²) in [5.41, 5.74) is 0.0871. The Bertz CT molecular complexity index is 1170. The van der Waals surface area contributed by atoms with E-state index < -0.39 is 17.8 Å². The first-order valence-corrected chi connectivity index (χ1v) is 9.26. The average Bonchev–Trinajstić information content (AvgIpc) is 3.23. The number of ether oxygens (including phenoxy) is 1. The number of carbonyl (C=O) groups excluding carboxylic acids is 3. The van der Waals surface area contributed by atoms with Crippen LogP contribution < -0.4 is 15.2 Å². The number of hydrogen-bond donors (Lipinski definition) is 0. The lowest BCUT2D eigenvalue weighted by atomic mass is 10.2. The van der Waals surface area contributed by atoms with Crippen molar-refractivity contribution in [1.29, 1.82) is 0 Å². The number of rotatable bonds is 5. The molecule has 0 aliphatic carbocycles. The standard InChI is InChI=1S/C18H14N4O5S/c1-2-27-13-6-4-3-5-12(13)22-16(25)15(24)21(18(22)26)10-11-9-14(23)20-7-8-28-17(20)19-11/h3-9H,2,10H2,1H3. The number of aromatic nitrogens is 2. The molecule has 0 radical (unpaired) electrons. The van der Waals surface area contributed by atoms with Gasteiger partial charge in [-0.15, -0.1) is 11.3 Å². The highest BCUT2D eigenvalue weighted by Crippen LogP contribution is 2.32. The molecule has 0 bridgehead atoms. The van der Waals surface area contributed by atoms with Crippen LogP contribution in [-0.4, -0.2) is 38.7 Å². The Kier molecular flexibility index (Phi) is 4.40. The van der Waals surface area contributed by atoms with Crippen LogP contribution in [0.25, 0.3) is 4.96 Å². The summed E-state index contributed by atoms with van der Waals surface area (Å²) in [4.78, 5) is 56.1. The van der Waals surface area contributed by atoms with Crippen molar-refractivity contribution in [1.82, 2.24) is 14.3 Å². The summed E-state index contributed by atoms with van der Waals surface area (Å²) in [7, 11) is 0. The van der Waals surface area contributed by atoms with Crippen LogP contribution in [0.2, 0.25) is 0 Å². The summed E-state index contributed by atoms with van der Waals surface area (Å²) in [6.07, 6.45) is 1.58. The third-order valence-corrected chi connectivity index (χ3v) is 4.89. The molecule has 0 unspecified atom stereocenters. The molecule has 2 aromatic heterocycles. The Morgan fingerprint density at radius 2 is 1.89 bits per heavy atom. The van der Waals surface area contributed by atoms with Crippen molar-refractivity contribution in [2.75, 3.05) is 11.5 Å². The molecule has 142 valence electrons. The van der Waals surface area contributed by atoms with E-state index in [-0.39, 0.29) is 23.5 Å². The zero-order chi connectivity index (χ0) is 19.8. The Labute approximate surface area is 162 Å². The Morgan fingerprint density at radius 3 is 2.68 bits per heavy atom. The van der Waals surface area contributed by atoms with E-state index in [1.54, 1.807) is 36.7 Å². The maximum absolute atomic E-state index is 12.8. The number of fused-ring (bicyclic) bond motifs is 1. The maximum atomic E-state index is 12.8. The average molecular weight is 398 g/mol. The van der Waals surface area contributed by atoms with Crippen LogP contribution in [-0.2, 0) is 16.1 Å². The number of para-hydroxylation sites is 2. The molecule has 1 aliphatic rings. The molecule has 0 atom stereocenters. The summed E-state index contributed by atoms with van der Waals surface area (Å²) in [6, 6.07) is 6.91. The number of anilines is 1. The number of thiazole rings is 1. The van der Waals surface area contributed by atoms with E-state index >= 15 is 0 Å². The molecule has 3 aromatic rings. The summed E-state index contributed by atoms with van der Waals surface area (Å²) in [5, 5.41) is 1.70. The first kappa shape index (κ1) is 17.9. The van der Waals surface area contributed by atoms with Gasteiger partial charge in [-0.25, -0.2) is 19.6 Å².